The zero-order valence-electron chi connectivity index (χ0n) is 5.95. The summed E-state index contributed by atoms with van der Waals surface area (Å²) in [6.07, 6.45) is -4.01. The van der Waals surface area contributed by atoms with Crippen LogP contribution < -0.4 is 0 Å². The van der Waals surface area contributed by atoms with E-state index in [4.69, 9.17) is 0 Å². The number of Topliss-reactive ketones (excluding diaryl/α,β-unsaturated/α-hetero) is 1. The van der Waals surface area contributed by atoms with E-state index in [-0.39, 0.29) is 6.42 Å². The normalized spacial score (nSPS) is 11.2. The summed E-state index contributed by atoms with van der Waals surface area (Å²) >= 11 is 0. The van der Waals surface area contributed by atoms with Gasteiger partial charge in [0.05, 0.1) is 0 Å². The van der Waals surface area contributed by atoms with Gasteiger partial charge >= 0.3 is 6.18 Å². The van der Waals surface area contributed by atoms with Gasteiger partial charge in [-0.1, -0.05) is 6.08 Å². The van der Waals surface area contributed by atoms with Gasteiger partial charge in [-0.15, -0.1) is 6.58 Å². The van der Waals surface area contributed by atoms with E-state index in [1.165, 1.54) is 6.08 Å². The molecule has 0 rings (SSSR count). The number of rotatable bonds is 4. The summed E-state index contributed by atoms with van der Waals surface area (Å²) in [4.78, 5) is 10.4. The summed E-state index contributed by atoms with van der Waals surface area (Å²) in [6.45, 7) is 3.30. The predicted molar refractivity (Wildman–Crippen MR) is 35.1 cm³/mol. The molecule has 11 heavy (non-hydrogen) atoms. The highest BCUT2D eigenvalue weighted by molar-refractivity contribution is 5.79. The molecule has 0 unspecified atom stereocenters. The van der Waals surface area contributed by atoms with E-state index in [2.05, 4.69) is 6.58 Å². The van der Waals surface area contributed by atoms with E-state index in [0.29, 0.717) is 6.42 Å². The van der Waals surface area contributed by atoms with Crippen LogP contribution in [0.1, 0.15) is 19.3 Å². The molecule has 0 amide bonds. The van der Waals surface area contributed by atoms with Crippen molar-refractivity contribution in [3.8, 4) is 0 Å². The van der Waals surface area contributed by atoms with Crippen molar-refractivity contribution in [2.24, 2.45) is 0 Å². The van der Waals surface area contributed by atoms with E-state index in [9.17, 15) is 18.0 Å². The first-order valence-electron chi connectivity index (χ1n) is 3.15. The Balaban J connectivity index is 3.61. The maximum Gasteiger partial charge on any atom is 0.395 e. The molecule has 1 nitrogen and oxygen atoms in total. The first-order valence-corrected chi connectivity index (χ1v) is 3.15. The summed E-state index contributed by atoms with van der Waals surface area (Å²) in [7, 11) is 0. The highest BCUT2D eigenvalue weighted by atomic mass is 19.4. The molecule has 0 atom stereocenters. The standard InChI is InChI=1S/C7H9F3O/c1-2-3-4-6(11)5-7(8,9)10/h2H,1,3-5H2. The zero-order chi connectivity index (χ0) is 8.91. The Morgan fingerprint density at radius 2 is 2.00 bits per heavy atom. The first-order chi connectivity index (χ1) is 4.95. The van der Waals surface area contributed by atoms with Crippen LogP contribution >= 0.6 is 0 Å². The number of ketones is 1. The molecule has 0 aromatic carbocycles. The largest absolute Gasteiger partial charge is 0.395 e. The third kappa shape index (κ3) is 7.09. The maximum absolute atomic E-state index is 11.5. The van der Waals surface area contributed by atoms with Gasteiger partial charge in [0.15, 0.2) is 0 Å². The van der Waals surface area contributed by atoms with Crippen molar-refractivity contribution >= 4 is 5.78 Å². The topological polar surface area (TPSA) is 17.1 Å². The molecule has 0 radical (unpaired) electrons. The molecular weight excluding hydrogens is 157 g/mol. The number of hydrogen-bond donors (Lipinski definition) is 0. The molecule has 0 fully saturated rings. The Kier molecular flexibility index (Phi) is 3.85. The molecular formula is C7H9F3O. The molecule has 0 aliphatic carbocycles. The van der Waals surface area contributed by atoms with Crippen LogP contribution in [0.15, 0.2) is 12.7 Å². The Labute approximate surface area is 62.9 Å². The van der Waals surface area contributed by atoms with Crippen LogP contribution in [-0.4, -0.2) is 12.0 Å². The predicted octanol–water partition coefficient (Wildman–Crippen LogP) is 2.47. The summed E-state index contributed by atoms with van der Waals surface area (Å²) in [6, 6.07) is 0. The fourth-order valence-electron chi connectivity index (χ4n) is 0.575. The highest BCUT2D eigenvalue weighted by Gasteiger charge is 2.30. The van der Waals surface area contributed by atoms with Crippen LogP contribution in [0.3, 0.4) is 0 Å². The minimum absolute atomic E-state index is 0.0665. The van der Waals surface area contributed by atoms with Gasteiger partial charge < -0.3 is 0 Å². The number of allylic oxidation sites excluding steroid dienone is 1. The Hall–Kier alpha value is -0.800. The molecule has 0 bridgehead atoms. The van der Waals surface area contributed by atoms with Gasteiger partial charge in [0.25, 0.3) is 0 Å². The minimum atomic E-state index is -4.36. The summed E-state index contributed by atoms with van der Waals surface area (Å²) in [5.74, 6) is -0.780. The van der Waals surface area contributed by atoms with Crippen LogP contribution in [0.4, 0.5) is 13.2 Å². The Morgan fingerprint density at radius 1 is 1.45 bits per heavy atom. The summed E-state index contributed by atoms with van der Waals surface area (Å²) in [5.41, 5.74) is 0. The van der Waals surface area contributed by atoms with Gasteiger partial charge in [-0.2, -0.15) is 13.2 Å². The monoisotopic (exact) mass is 166 g/mol. The van der Waals surface area contributed by atoms with Crippen molar-refractivity contribution in [2.45, 2.75) is 25.4 Å². The second kappa shape index (κ2) is 4.16. The minimum Gasteiger partial charge on any atom is -0.299 e. The van der Waals surface area contributed by atoms with E-state index in [1.54, 1.807) is 0 Å². The molecule has 0 spiro atoms. The van der Waals surface area contributed by atoms with Gasteiger partial charge in [0.1, 0.15) is 12.2 Å². The fraction of sp³-hybridized carbons (Fsp3) is 0.571. The van der Waals surface area contributed by atoms with E-state index in [0.717, 1.165) is 0 Å². The van der Waals surface area contributed by atoms with Crippen molar-refractivity contribution in [1.82, 2.24) is 0 Å². The summed E-state index contributed by atoms with van der Waals surface area (Å²) < 4.78 is 34.5. The SMILES string of the molecule is C=CCCC(=O)CC(F)(F)F. The lowest BCUT2D eigenvalue weighted by Gasteiger charge is -2.03. The molecule has 0 aromatic rings. The fourth-order valence-corrected chi connectivity index (χ4v) is 0.575. The van der Waals surface area contributed by atoms with Crippen LogP contribution in [0, 0.1) is 0 Å². The zero-order valence-corrected chi connectivity index (χ0v) is 5.95. The average Bonchev–Trinajstić information content (AvgIpc) is 1.79. The molecule has 0 heterocycles. The molecule has 0 saturated carbocycles. The number of carbonyl (C=O) groups excluding carboxylic acids is 1. The van der Waals surface area contributed by atoms with E-state index < -0.39 is 18.4 Å². The molecule has 0 aliphatic heterocycles. The van der Waals surface area contributed by atoms with Gasteiger partial charge in [-0.25, -0.2) is 0 Å². The first kappa shape index (κ1) is 10.2. The van der Waals surface area contributed by atoms with Crippen LogP contribution in [0.5, 0.6) is 0 Å². The molecule has 64 valence electrons. The Bertz CT molecular complexity index is 148. The van der Waals surface area contributed by atoms with Crippen molar-refractivity contribution < 1.29 is 18.0 Å². The average molecular weight is 166 g/mol. The number of hydrogen-bond acceptors (Lipinski definition) is 1. The lowest BCUT2D eigenvalue weighted by molar-refractivity contribution is -0.152. The number of carbonyl (C=O) groups is 1. The number of alkyl halides is 3. The van der Waals surface area contributed by atoms with Gasteiger partial charge in [0, 0.05) is 6.42 Å². The van der Waals surface area contributed by atoms with Crippen molar-refractivity contribution in [3.63, 3.8) is 0 Å². The van der Waals surface area contributed by atoms with Crippen molar-refractivity contribution in [2.75, 3.05) is 0 Å². The third-order valence-corrected chi connectivity index (χ3v) is 1.02. The van der Waals surface area contributed by atoms with Gasteiger partial charge in [-0.3, -0.25) is 4.79 Å². The van der Waals surface area contributed by atoms with E-state index >= 15 is 0 Å². The molecule has 0 aromatic heterocycles. The molecule has 0 N–H and O–H groups in total. The number of halogens is 3. The molecule has 0 aliphatic rings. The molecule has 0 saturated heterocycles. The highest BCUT2D eigenvalue weighted by Crippen LogP contribution is 2.20. The second-order valence-corrected chi connectivity index (χ2v) is 2.16. The Morgan fingerprint density at radius 3 is 2.36 bits per heavy atom. The lowest BCUT2D eigenvalue weighted by atomic mass is 10.1. The second-order valence-electron chi connectivity index (χ2n) is 2.16. The summed E-state index contributed by atoms with van der Waals surface area (Å²) in [5, 5.41) is 0. The third-order valence-electron chi connectivity index (χ3n) is 1.02. The van der Waals surface area contributed by atoms with Crippen LogP contribution in [0.2, 0.25) is 0 Å². The van der Waals surface area contributed by atoms with E-state index in [1.807, 2.05) is 0 Å². The van der Waals surface area contributed by atoms with Crippen LogP contribution in [0.25, 0.3) is 0 Å². The molecule has 4 heteroatoms. The lowest BCUT2D eigenvalue weighted by Crippen LogP contribution is -2.14. The van der Waals surface area contributed by atoms with Gasteiger partial charge in [0.2, 0.25) is 0 Å². The smallest absolute Gasteiger partial charge is 0.299 e. The maximum atomic E-state index is 11.5. The quantitative estimate of drug-likeness (QED) is 0.586. The van der Waals surface area contributed by atoms with Gasteiger partial charge in [-0.05, 0) is 6.42 Å². The van der Waals surface area contributed by atoms with Crippen LogP contribution in [-0.2, 0) is 4.79 Å². The van der Waals surface area contributed by atoms with Crippen molar-refractivity contribution in [3.05, 3.63) is 12.7 Å². The van der Waals surface area contributed by atoms with Crippen molar-refractivity contribution in [1.29, 1.82) is 0 Å².